The highest BCUT2D eigenvalue weighted by Crippen LogP contribution is 2.19. The normalized spacial score (nSPS) is 13.0. The van der Waals surface area contributed by atoms with Crippen LogP contribution in [0.3, 0.4) is 0 Å². The first-order valence-electron chi connectivity index (χ1n) is 3.10. The highest BCUT2D eigenvalue weighted by molar-refractivity contribution is 5.30. The Morgan fingerprint density at radius 2 is 2.40 bits per heavy atom. The van der Waals surface area contributed by atoms with Crippen molar-refractivity contribution in [3.8, 4) is 5.75 Å². The van der Waals surface area contributed by atoms with Crippen LogP contribution in [-0.2, 0) is 0 Å². The van der Waals surface area contributed by atoms with E-state index in [0.29, 0.717) is 0 Å². The summed E-state index contributed by atoms with van der Waals surface area (Å²) in [6.07, 6.45) is 3.00. The molecule has 0 spiro atoms. The molecule has 0 amide bonds. The predicted molar refractivity (Wildman–Crippen MR) is 38.5 cm³/mol. The zero-order valence-electron chi connectivity index (χ0n) is 5.78. The van der Waals surface area contributed by atoms with Crippen LogP contribution >= 0.6 is 0 Å². The summed E-state index contributed by atoms with van der Waals surface area (Å²) in [5, 5.41) is 9.14. The van der Waals surface area contributed by atoms with E-state index in [9.17, 15) is 0 Å². The molecule has 1 aromatic rings. The van der Waals surface area contributed by atoms with Crippen molar-refractivity contribution >= 4 is 0 Å². The Bertz CT molecular complexity index is 223. The number of aromatic hydroxyl groups is 1. The first-order valence-corrected chi connectivity index (χ1v) is 3.10. The van der Waals surface area contributed by atoms with Crippen molar-refractivity contribution in [1.29, 1.82) is 0 Å². The van der Waals surface area contributed by atoms with Crippen molar-refractivity contribution in [2.24, 2.45) is 5.73 Å². The molecule has 0 aromatic carbocycles. The molecule has 3 N–H and O–H groups in total. The maximum absolute atomic E-state index is 9.14. The van der Waals surface area contributed by atoms with Gasteiger partial charge in [0.1, 0.15) is 5.75 Å². The van der Waals surface area contributed by atoms with Crippen LogP contribution in [0.2, 0.25) is 0 Å². The van der Waals surface area contributed by atoms with Crippen LogP contribution in [0.5, 0.6) is 5.75 Å². The Hall–Kier alpha value is -1.09. The van der Waals surface area contributed by atoms with Crippen molar-refractivity contribution in [3.05, 3.63) is 24.0 Å². The van der Waals surface area contributed by atoms with Crippen LogP contribution in [0.15, 0.2) is 18.5 Å². The van der Waals surface area contributed by atoms with Crippen LogP contribution < -0.4 is 5.73 Å². The van der Waals surface area contributed by atoms with Gasteiger partial charge in [-0.2, -0.15) is 0 Å². The molecule has 0 bridgehead atoms. The third-order valence-corrected chi connectivity index (χ3v) is 1.32. The topological polar surface area (TPSA) is 59.1 Å². The Balaban J connectivity index is 3.03. The van der Waals surface area contributed by atoms with Gasteiger partial charge in [0.2, 0.25) is 0 Å². The SMILES string of the molecule is C[C@@H](N)c1ccncc1O. The molecule has 0 aliphatic carbocycles. The summed E-state index contributed by atoms with van der Waals surface area (Å²) in [4.78, 5) is 3.72. The maximum atomic E-state index is 9.14. The van der Waals surface area contributed by atoms with Gasteiger partial charge in [0, 0.05) is 17.8 Å². The van der Waals surface area contributed by atoms with Crippen LogP contribution in [0.4, 0.5) is 0 Å². The predicted octanol–water partition coefficient (Wildman–Crippen LogP) is 0.807. The van der Waals surface area contributed by atoms with Gasteiger partial charge in [-0.15, -0.1) is 0 Å². The lowest BCUT2D eigenvalue weighted by Gasteiger charge is -2.05. The van der Waals surface area contributed by atoms with Crippen molar-refractivity contribution < 1.29 is 5.11 Å². The Labute approximate surface area is 59.5 Å². The number of nitrogens with two attached hydrogens (primary N) is 1. The lowest BCUT2D eigenvalue weighted by Crippen LogP contribution is -2.04. The molecule has 3 nitrogen and oxygen atoms in total. The van der Waals surface area contributed by atoms with E-state index in [-0.39, 0.29) is 11.8 Å². The quantitative estimate of drug-likeness (QED) is 0.603. The second-order valence-electron chi connectivity index (χ2n) is 2.22. The van der Waals surface area contributed by atoms with Gasteiger partial charge in [0.05, 0.1) is 6.20 Å². The van der Waals surface area contributed by atoms with Crippen LogP contribution in [-0.4, -0.2) is 10.1 Å². The molecule has 0 radical (unpaired) electrons. The second kappa shape index (κ2) is 2.66. The molecule has 0 fully saturated rings. The minimum atomic E-state index is -0.136. The molecule has 54 valence electrons. The monoisotopic (exact) mass is 138 g/mol. The molecule has 1 rings (SSSR count). The minimum absolute atomic E-state index is 0.136. The zero-order chi connectivity index (χ0) is 7.56. The van der Waals surface area contributed by atoms with Crippen LogP contribution in [0, 0.1) is 0 Å². The van der Waals surface area contributed by atoms with Gasteiger partial charge in [-0.25, -0.2) is 0 Å². The van der Waals surface area contributed by atoms with Gasteiger partial charge in [0.25, 0.3) is 0 Å². The minimum Gasteiger partial charge on any atom is -0.506 e. The maximum Gasteiger partial charge on any atom is 0.138 e. The second-order valence-corrected chi connectivity index (χ2v) is 2.22. The molecule has 1 atom stereocenters. The van der Waals surface area contributed by atoms with Gasteiger partial charge in [-0.3, -0.25) is 4.98 Å². The molecule has 1 heterocycles. The van der Waals surface area contributed by atoms with E-state index in [0.717, 1.165) is 5.56 Å². The molecule has 1 aromatic heterocycles. The fraction of sp³-hybridized carbons (Fsp3) is 0.286. The molecule has 0 saturated heterocycles. The van der Waals surface area contributed by atoms with Gasteiger partial charge < -0.3 is 10.8 Å². The number of hydrogen-bond donors (Lipinski definition) is 2. The average Bonchev–Trinajstić information content (AvgIpc) is 1.88. The Kier molecular flexibility index (Phi) is 1.87. The smallest absolute Gasteiger partial charge is 0.138 e. The summed E-state index contributed by atoms with van der Waals surface area (Å²) in [7, 11) is 0. The summed E-state index contributed by atoms with van der Waals surface area (Å²) in [5.74, 6) is 0.164. The van der Waals surface area contributed by atoms with E-state index in [1.54, 1.807) is 12.3 Å². The Morgan fingerprint density at radius 3 is 2.80 bits per heavy atom. The lowest BCUT2D eigenvalue weighted by atomic mass is 10.1. The van der Waals surface area contributed by atoms with Gasteiger partial charge in [-0.1, -0.05) is 0 Å². The third kappa shape index (κ3) is 1.25. The summed E-state index contributed by atoms with van der Waals surface area (Å²) in [6.45, 7) is 1.81. The van der Waals surface area contributed by atoms with E-state index in [4.69, 9.17) is 10.8 Å². The van der Waals surface area contributed by atoms with E-state index < -0.39 is 0 Å². The van der Waals surface area contributed by atoms with Crippen LogP contribution in [0.25, 0.3) is 0 Å². The zero-order valence-corrected chi connectivity index (χ0v) is 5.78. The van der Waals surface area contributed by atoms with Crippen LogP contribution in [0.1, 0.15) is 18.5 Å². The molecule has 0 saturated carbocycles. The number of aromatic nitrogens is 1. The fourth-order valence-electron chi connectivity index (χ4n) is 0.782. The summed E-state index contributed by atoms with van der Waals surface area (Å²) < 4.78 is 0. The van der Waals surface area contributed by atoms with Gasteiger partial charge >= 0.3 is 0 Å². The van der Waals surface area contributed by atoms with Crippen molar-refractivity contribution in [1.82, 2.24) is 4.98 Å². The van der Waals surface area contributed by atoms with E-state index >= 15 is 0 Å². The number of hydrogen-bond acceptors (Lipinski definition) is 3. The molecular formula is C7H10N2O. The Morgan fingerprint density at radius 1 is 1.70 bits per heavy atom. The summed E-state index contributed by atoms with van der Waals surface area (Å²) in [6, 6.07) is 1.57. The molecule has 0 aliphatic rings. The first kappa shape index (κ1) is 7.02. The van der Waals surface area contributed by atoms with Crippen molar-refractivity contribution in [2.45, 2.75) is 13.0 Å². The number of rotatable bonds is 1. The van der Waals surface area contributed by atoms with Crippen molar-refractivity contribution in [2.75, 3.05) is 0 Å². The molecule has 10 heavy (non-hydrogen) atoms. The fourth-order valence-corrected chi connectivity index (χ4v) is 0.782. The average molecular weight is 138 g/mol. The molecule has 0 unspecified atom stereocenters. The summed E-state index contributed by atoms with van der Waals surface area (Å²) >= 11 is 0. The van der Waals surface area contributed by atoms with E-state index in [2.05, 4.69) is 4.98 Å². The first-order chi connectivity index (χ1) is 4.72. The molecule has 3 heteroatoms. The molecular weight excluding hydrogens is 128 g/mol. The largest absolute Gasteiger partial charge is 0.506 e. The highest BCUT2D eigenvalue weighted by atomic mass is 16.3. The van der Waals surface area contributed by atoms with E-state index in [1.807, 2.05) is 6.92 Å². The van der Waals surface area contributed by atoms with Crippen molar-refractivity contribution in [3.63, 3.8) is 0 Å². The lowest BCUT2D eigenvalue weighted by molar-refractivity contribution is 0.461. The highest BCUT2D eigenvalue weighted by Gasteiger charge is 2.03. The standard InChI is InChI=1S/C7H10N2O/c1-5(8)6-2-3-9-4-7(6)10/h2-5,10H,8H2,1H3/t5-/m1/s1. The molecule has 0 aliphatic heterocycles. The van der Waals surface area contributed by atoms with Gasteiger partial charge in [0.15, 0.2) is 0 Å². The number of pyridine rings is 1. The van der Waals surface area contributed by atoms with E-state index in [1.165, 1.54) is 6.20 Å². The third-order valence-electron chi connectivity index (χ3n) is 1.32. The number of nitrogens with zero attached hydrogens (tertiary/aromatic N) is 1. The summed E-state index contributed by atoms with van der Waals surface area (Å²) in [5.41, 5.74) is 6.26. The van der Waals surface area contributed by atoms with Gasteiger partial charge in [-0.05, 0) is 13.0 Å².